The number of aliphatic hydroxyl groups is 1. The highest BCUT2D eigenvalue weighted by molar-refractivity contribution is 7.89. The molecule has 1 saturated heterocycles. The van der Waals surface area contributed by atoms with Gasteiger partial charge in [0.15, 0.2) is 0 Å². The molecule has 10 nitrogen and oxygen atoms in total. The Morgan fingerprint density at radius 3 is 2.59 bits per heavy atom. The Hall–Kier alpha value is -2.09. The number of β-amino-alcohol motifs (C(OH)–C–C–N with tert-alkyl or cyclic N) is 1. The summed E-state index contributed by atoms with van der Waals surface area (Å²) in [6, 6.07) is 8.23. The van der Waals surface area contributed by atoms with Crippen LogP contribution in [0, 0.1) is 5.41 Å². The largest absolute Gasteiger partial charge is 0.492 e. The van der Waals surface area contributed by atoms with Crippen molar-refractivity contribution in [1.29, 1.82) is 0 Å². The lowest BCUT2D eigenvalue weighted by Crippen LogP contribution is -2.51. The first-order valence-corrected chi connectivity index (χ1v) is 15.4. The standard InChI is InChI=1S/C25H36N4O6S2/c1-19(2)20-6-7-24-23(13-20)35-18-25(17-28(3)16-21(30)14-27-36(24,31)32)8-11-29(12-9-25)37(33,34)22-5-4-10-26-15-22/h4-7,10,13,15,19,21,27,30H,8-9,11-12,14,16-18H2,1-3H3. The minimum absolute atomic E-state index is 0.0322. The average Bonchev–Trinajstić information content (AvgIpc) is 2.86. The maximum absolute atomic E-state index is 13.1. The van der Waals surface area contributed by atoms with E-state index in [9.17, 15) is 21.9 Å². The summed E-state index contributed by atoms with van der Waals surface area (Å²) >= 11 is 0. The molecular weight excluding hydrogens is 516 g/mol. The molecule has 0 radical (unpaired) electrons. The third-order valence-corrected chi connectivity index (χ3v) is 10.5. The summed E-state index contributed by atoms with van der Waals surface area (Å²) in [6.45, 7) is 5.58. The monoisotopic (exact) mass is 552 g/mol. The van der Waals surface area contributed by atoms with Crippen LogP contribution in [-0.2, 0) is 20.0 Å². The topological polar surface area (TPSA) is 129 Å². The fourth-order valence-corrected chi connectivity index (χ4v) is 7.60. The molecule has 0 amide bonds. The summed E-state index contributed by atoms with van der Waals surface area (Å²) in [5.41, 5.74) is 0.515. The lowest BCUT2D eigenvalue weighted by Gasteiger charge is -2.43. The summed E-state index contributed by atoms with van der Waals surface area (Å²) in [6.07, 6.45) is 3.04. The summed E-state index contributed by atoms with van der Waals surface area (Å²) in [4.78, 5) is 6.10. The molecule has 1 spiro atoms. The predicted molar refractivity (Wildman–Crippen MR) is 139 cm³/mol. The predicted octanol–water partition coefficient (Wildman–Crippen LogP) is 1.64. The molecule has 2 aliphatic rings. The van der Waals surface area contributed by atoms with Crippen molar-refractivity contribution in [2.75, 3.05) is 46.4 Å². The highest BCUT2D eigenvalue weighted by Crippen LogP contribution is 2.37. The Morgan fingerprint density at radius 1 is 1.22 bits per heavy atom. The van der Waals surface area contributed by atoms with Crippen LogP contribution in [0.3, 0.4) is 0 Å². The molecule has 1 atom stereocenters. The van der Waals surface area contributed by atoms with Crippen LogP contribution in [0.2, 0.25) is 0 Å². The first-order chi connectivity index (χ1) is 17.4. The van der Waals surface area contributed by atoms with Gasteiger partial charge in [0.25, 0.3) is 0 Å². The summed E-state index contributed by atoms with van der Waals surface area (Å²) in [7, 11) is -5.71. The summed E-state index contributed by atoms with van der Waals surface area (Å²) in [5, 5.41) is 10.5. The van der Waals surface area contributed by atoms with Crippen LogP contribution in [0.25, 0.3) is 0 Å². The Morgan fingerprint density at radius 2 is 1.95 bits per heavy atom. The van der Waals surface area contributed by atoms with Crippen LogP contribution >= 0.6 is 0 Å². The van der Waals surface area contributed by atoms with Crippen molar-refractivity contribution in [3.63, 3.8) is 0 Å². The number of pyridine rings is 1. The number of aliphatic hydroxyl groups excluding tert-OH is 1. The van der Waals surface area contributed by atoms with E-state index >= 15 is 0 Å². The average molecular weight is 553 g/mol. The molecule has 37 heavy (non-hydrogen) atoms. The van der Waals surface area contributed by atoms with Gasteiger partial charge in [-0.1, -0.05) is 19.9 Å². The van der Waals surface area contributed by atoms with Gasteiger partial charge in [0.05, 0.1) is 12.7 Å². The van der Waals surface area contributed by atoms with Crippen molar-refractivity contribution < 1.29 is 26.7 Å². The molecule has 2 aromatic rings. The van der Waals surface area contributed by atoms with E-state index in [0.717, 1.165) is 5.56 Å². The van der Waals surface area contributed by atoms with Crippen LogP contribution in [0.5, 0.6) is 5.75 Å². The first kappa shape index (κ1) is 27.9. The molecular formula is C25H36N4O6S2. The van der Waals surface area contributed by atoms with Gasteiger partial charge in [-0.25, -0.2) is 21.6 Å². The first-order valence-electron chi connectivity index (χ1n) is 12.5. The molecule has 2 N–H and O–H groups in total. The van der Waals surface area contributed by atoms with Crippen molar-refractivity contribution in [2.24, 2.45) is 5.41 Å². The van der Waals surface area contributed by atoms with Gasteiger partial charge in [-0.15, -0.1) is 0 Å². The number of hydrogen-bond acceptors (Lipinski definition) is 8. The number of rotatable bonds is 3. The maximum Gasteiger partial charge on any atom is 0.244 e. The van der Waals surface area contributed by atoms with E-state index in [1.807, 2.05) is 25.8 Å². The van der Waals surface area contributed by atoms with Crippen LogP contribution in [0.4, 0.5) is 0 Å². The summed E-state index contributed by atoms with van der Waals surface area (Å²) < 4.78 is 62.7. The second kappa shape index (κ2) is 11.0. The minimum atomic E-state index is -3.91. The van der Waals surface area contributed by atoms with Gasteiger partial charge < -0.3 is 14.7 Å². The maximum atomic E-state index is 13.1. The fraction of sp³-hybridized carbons (Fsp3) is 0.560. The molecule has 204 valence electrons. The van der Waals surface area contributed by atoms with Crippen molar-refractivity contribution in [2.45, 2.75) is 48.5 Å². The van der Waals surface area contributed by atoms with E-state index in [2.05, 4.69) is 9.71 Å². The Kier molecular flexibility index (Phi) is 8.27. The zero-order valence-corrected chi connectivity index (χ0v) is 23.1. The second-order valence-electron chi connectivity index (χ2n) is 10.4. The highest BCUT2D eigenvalue weighted by Gasteiger charge is 2.41. The molecule has 2 aliphatic heterocycles. The molecule has 0 aliphatic carbocycles. The third-order valence-electron chi connectivity index (χ3n) is 7.15. The molecule has 1 fully saturated rings. The van der Waals surface area contributed by atoms with Crippen LogP contribution in [-0.4, -0.2) is 88.6 Å². The van der Waals surface area contributed by atoms with E-state index < -0.39 is 31.6 Å². The van der Waals surface area contributed by atoms with E-state index in [4.69, 9.17) is 4.74 Å². The second-order valence-corrected chi connectivity index (χ2v) is 14.1. The van der Waals surface area contributed by atoms with Crippen molar-refractivity contribution in [3.05, 3.63) is 48.3 Å². The number of nitrogens with zero attached hydrogens (tertiary/aromatic N) is 3. The van der Waals surface area contributed by atoms with Crippen LogP contribution in [0.15, 0.2) is 52.5 Å². The Labute approximate surface area is 219 Å². The number of aromatic nitrogens is 1. The molecule has 4 rings (SSSR count). The van der Waals surface area contributed by atoms with Gasteiger partial charge in [0.1, 0.15) is 15.5 Å². The van der Waals surface area contributed by atoms with Gasteiger partial charge in [0, 0.05) is 50.5 Å². The van der Waals surface area contributed by atoms with Gasteiger partial charge >= 0.3 is 0 Å². The number of sulfonamides is 2. The third kappa shape index (κ3) is 6.32. The SMILES string of the molecule is CC(C)c1ccc2c(c1)OCC1(CCN(S(=O)(=O)c3cccnc3)CC1)CN(C)CC(O)CNS2(=O)=O. The van der Waals surface area contributed by atoms with Crippen molar-refractivity contribution in [3.8, 4) is 5.75 Å². The lowest BCUT2D eigenvalue weighted by molar-refractivity contribution is 0.0318. The number of piperidine rings is 1. The quantitative estimate of drug-likeness (QED) is 0.588. The molecule has 0 bridgehead atoms. The molecule has 1 aromatic carbocycles. The van der Waals surface area contributed by atoms with Gasteiger partial charge in [-0.3, -0.25) is 4.98 Å². The molecule has 1 unspecified atom stereocenters. The number of ether oxygens (including phenoxy) is 1. The van der Waals surface area contributed by atoms with Gasteiger partial charge in [-0.2, -0.15) is 4.31 Å². The van der Waals surface area contributed by atoms with Gasteiger partial charge in [0.2, 0.25) is 20.0 Å². The zero-order chi connectivity index (χ0) is 26.8. The van der Waals surface area contributed by atoms with Crippen LogP contribution in [0.1, 0.15) is 38.2 Å². The van der Waals surface area contributed by atoms with E-state index in [0.29, 0.717) is 32.5 Å². The highest BCUT2D eigenvalue weighted by atomic mass is 32.2. The molecule has 12 heteroatoms. The fourth-order valence-electron chi connectivity index (χ4n) is 4.99. The van der Waals surface area contributed by atoms with E-state index in [-0.39, 0.29) is 41.2 Å². The number of likely N-dealkylation sites (N-methyl/N-ethyl adjacent to an activating group) is 1. The van der Waals surface area contributed by atoms with Gasteiger partial charge in [-0.05, 0) is 55.6 Å². The summed E-state index contributed by atoms with van der Waals surface area (Å²) in [5.74, 6) is 0.440. The smallest absolute Gasteiger partial charge is 0.244 e. The van der Waals surface area contributed by atoms with Crippen molar-refractivity contribution >= 4 is 20.0 Å². The van der Waals surface area contributed by atoms with E-state index in [1.165, 1.54) is 16.7 Å². The molecule has 1 aromatic heterocycles. The number of nitrogens with one attached hydrogen (secondary N) is 1. The number of fused-ring (bicyclic) bond motifs is 1. The lowest BCUT2D eigenvalue weighted by atomic mass is 9.79. The van der Waals surface area contributed by atoms with Crippen LogP contribution < -0.4 is 9.46 Å². The van der Waals surface area contributed by atoms with E-state index in [1.54, 1.807) is 30.3 Å². The minimum Gasteiger partial charge on any atom is -0.492 e. The number of benzene rings is 1. The molecule has 3 heterocycles. The molecule has 0 saturated carbocycles. The normalized spacial score (nSPS) is 23.5. The Balaban J connectivity index is 1.64. The zero-order valence-electron chi connectivity index (χ0n) is 21.5. The van der Waals surface area contributed by atoms with Crippen molar-refractivity contribution in [1.82, 2.24) is 18.9 Å². The number of hydrogen-bond donors (Lipinski definition) is 2. The Bertz CT molecular complexity index is 1290.